The average molecular weight is 522 g/mol. The summed E-state index contributed by atoms with van der Waals surface area (Å²) in [6.07, 6.45) is 0. The van der Waals surface area contributed by atoms with E-state index in [1.54, 1.807) is 41.5 Å². The van der Waals surface area contributed by atoms with E-state index in [-0.39, 0.29) is 28.7 Å². The molecule has 0 unspecified atom stereocenters. The number of amides is 1. The second kappa shape index (κ2) is 10.7. The smallest absolute Gasteiger partial charge is 0.257 e. The number of phenols is 1. The van der Waals surface area contributed by atoms with Gasteiger partial charge in [0.2, 0.25) is 0 Å². The number of phenolic OH excluding ortho intramolecular Hbond substituents is 1. The number of thiophene rings is 1. The third kappa shape index (κ3) is 5.85. The van der Waals surface area contributed by atoms with Gasteiger partial charge in [-0.15, -0.1) is 11.3 Å². The Hall–Kier alpha value is -3.43. The maximum absolute atomic E-state index is 13.1. The molecule has 36 heavy (non-hydrogen) atoms. The Balaban J connectivity index is 1.54. The lowest BCUT2D eigenvalue weighted by Gasteiger charge is -2.31. The highest BCUT2D eigenvalue weighted by Gasteiger charge is 2.29. The summed E-state index contributed by atoms with van der Waals surface area (Å²) in [7, 11) is 1.72. The van der Waals surface area contributed by atoms with Crippen molar-refractivity contribution in [1.29, 1.82) is 0 Å². The standard InChI is InChI=1S/C27H31N5O2S2/c1-17-14-15-21(35-17)23(27(2,3)4)29-25-24(30-36-31-25)28-20-13-9-12-19(22(20)33)26(34)32(5)16-18-10-7-6-8-11-18/h6-15,23,33H,16H2,1-5H3,(H,28,30)(H,29,31)/t23-/m0/s1. The molecule has 0 aliphatic heterocycles. The molecular formula is C27H31N5O2S2. The Morgan fingerprint density at radius 2 is 1.75 bits per heavy atom. The van der Waals surface area contributed by atoms with Crippen LogP contribution in [0.25, 0.3) is 0 Å². The van der Waals surface area contributed by atoms with Crippen molar-refractivity contribution < 1.29 is 9.90 Å². The summed E-state index contributed by atoms with van der Waals surface area (Å²) in [6, 6.07) is 19.1. The molecule has 2 heterocycles. The van der Waals surface area contributed by atoms with Gasteiger partial charge >= 0.3 is 0 Å². The summed E-state index contributed by atoms with van der Waals surface area (Å²) in [5.41, 5.74) is 1.55. The number of para-hydroxylation sites is 1. The lowest BCUT2D eigenvalue weighted by Crippen LogP contribution is -2.26. The molecule has 1 atom stereocenters. The SMILES string of the molecule is Cc1ccc([C@H](Nc2nsnc2Nc2cccc(C(=O)N(C)Cc3ccccc3)c2O)C(C)(C)C)s1. The number of benzene rings is 2. The molecule has 9 heteroatoms. The van der Waals surface area contributed by atoms with Crippen LogP contribution in [0.3, 0.4) is 0 Å². The van der Waals surface area contributed by atoms with E-state index >= 15 is 0 Å². The summed E-state index contributed by atoms with van der Waals surface area (Å²) in [5, 5.41) is 17.7. The molecule has 0 aliphatic rings. The van der Waals surface area contributed by atoms with Crippen molar-refractivity contribution in [3.63, 3.8) is 0 Å². The van der Waals surface area contributed by atoms with E-state index < -0.39 is 0 Å². The van der Waals surface area contributed by atoms with Crippen LogP contribution in [0.2, 0.25) is 0 Å². The molecule has 188 valence electrons. The lowest BCUT2D eigenvalue weighted by molar-refractivity contribution is 0.0782. The number of anilines is 3. The molecule has 2 aromatic heterocycles. The van der Waals surface area contributed by atoms with Crippen molar-refractivity contribution in [2.75, 3.05) is 17.7 Å². The van der Waals surface area contributed by atoms with E-state index in [4.69, 9.17) is 0 Å². The molecule has 3 N–H and O–H groups in total. The van der Waals surface area contributed by atoms with Gasteiger partial charge in [0.05, 0.1) is 29.0 Å². The molecule has 0 saturated heterocycles. The first-order valence-corrected chi connectivity index (χ1v) is 13.2. The highest BCUT2D eigenvalue weighted by Crippen LogP contribution is 2.41. The van der Waals surface area contributed by atoms with Crippen molar-refractivity contribution >= 4 is 46.3 Å². The predicted molar refractivity (Wildman–Crippen MR) is 148 cm³/mol. The summed E-state index contributed by atoms with van der Waals surface area (Å²) >= 11 is 2.84. The van der Waals surface area contributed by atoms with Gasteiger partial charge in [0.15, 0.2) is 17.4 Å². The topological polar surface area (TPSA) is 90.4 Å². The van der Waals surface area contributed by atoms with Gasteiger partial charge in [0.1, 0.15) is 0 Å². The normalized spacial score (nSPS) is 12.2. The van der Waals surface area contributed by atoms with Crippen LogP contribution < -0.4 is 10.6 Å². The molecule has 0 radical (unpaired) electrons. The fourth-order valence-corrected chi connectivity index (χ4v) is 5.55. The molecule has 4 rings (SSSR count). The minimum Gasteiger partial charge on any atom is -0.505 e. The first-order valence-electron chi connectivity index (χ1n) is 11.7. The minimum absolute atomic E-state index is 0.0220. The van der Waals surface area contributed by atoms with Crippen LogP contribution >= 0.6 is 23.1 Å². The number of rotatable bonds is 8. The first-order chi connectivity index (χ1) is 17.1. The van der Waals surface area contributed by atoms with Crippen LogP contribution in [0.1, 0.15) is 52.5 Å². The fourth-order valence-electron chi connectivity index (χ4n) is 3.90. The summed E-state index contributed by atoms with van der Waals surface area (Å²) in [4.78, 5) is 17.2. The third-order valence-electron chi connectivity index (χ3n) is 5.81. The van der Waals surface area contributed by atoms with Gasteiger partial charge in [-0.1, -0.05) is 57.2 Å². The number of carbonyl (C=O) groups is 1. The number of hydrogen-bond donors (Lipinski definition) is 3. The van der Waals surface area contributed by atoms with Crippen LogP contribution in [0.5, 0.6) is 5.75 Å². The first kappa shape index (κ1) is 25.7. The maximum Gasteiger partial charge on any atom is 0.257 e. The van der Waals surface area contributed by atoms with Gasteiger partial charge in [0.25, 0.3) is 5.91 Å². The van der Waals surface area contributed by atoms with Crippen molar-refractivity contribution in [3.8, 4) is 5.75 Å². The third-order valence-corrected chi connectivity index (χ3v) is 7.40. The average Bonchev–Trinajstić information content (AvgIpc) is 3.46. The van der Waals surface area contributed by atoms with Crippen LogP contribution in [-0.2, 0) is 6.54 Å². The summed E-state index contributed by atoms with van der Waals surface area (Å²) in [6.45, 7) is 9.08. The molecule has 0 fully saturated rings. The molecule has 4 aromatic rings. The molecule has 0 aliphatic carbocycles. The Morgan fingerprint density at radius 3 is 2.42 bits per heavy atom. The van der Waals surface area contributed by atoms with Gasteiger partial charge in [-0.2, -0.15) is 8.75 Å². The van der Waals surface area contributed by atoms with Gasteiger partial charge in [-0.05, 0) is 42.2 Å². The van der Waals surface area contributed by atoms with E-state index in [9.17, 15) is 9.90 Å². The minimum atomic E-state index is -0.268. The number of nitrogens with zero attached hydrogens (tertiary/aromatic N) is 3. The molecule has 0 bridgehead atoms. The van der Waals surface area contributed by atoms with E-state index in [0.29, 0.717) is 23.9 Å². The van der Waals surface area contributed by atoms with Gasteiger partial charge in [-0.25, -0.2) is 0 Å². The number of hydrogen-bond acceptors (Lipinski definition) is 8. The van der Waals surface area contributed by atoms with E-state index in [1.807, 2.05) is 30.3 Å². The Kier molecular flexibility index (Phi) is 7.61. The monoisotopic (exact) mass is 521 g/mol. The largest absolute Gasteiger partial charge is 0.505 e. The van der Waals surface area contributed by atoms with E-state index in [0.717, 1.165) is 17.3 Å². The van der Waals surface area contributed by atoms with Gasteiger partial charge in [-0.3, -0.25) is 4.79 Å². The van der Waals surface area contributed by atoms with Crippen LogP contribution in [-0.4, -0.2) is 31.7 Å². The van der Waals surface area contributed by atoms with Crippen molar-refractivity contribution in [2.45, 2.75) is 40.3 Å². The molecule has 0 saturated carbocycles. The molecule has 2 aromatic carbocycles. The van der Waals surface area contributed by atoms with Crippen molar-refractivity contribution in [2.24, 2.45) is 5.41 Å². The van der Waals surface area contributed by atoms with E-state index in [2.05, 4.69) is 59.2 Å². The van der Waals surface area contributed by atoms with Crippen LogP contribution in [0, 0.1) is 12.3 Å². The number of nitrogens with one attached hydrogen (secondary N) is 2. The van der Waals surface area contributed by atoms with Crippen molar-refractivity contribution in [3.05, 3.63) is 81.5 Å². The zero-order chi connectivity index (χ0) is 25.9. The molecule has 1 amide bonds. The molecule has 7 nitrogen and oxygen atoms in total. The second-order valence-electron chi connectivity index (χ2n) is 9.83. The molecule has 0 spiro atoms. The maximum atomic E-state index is 13.1. The Labute approximate surface area is 220 Å². The summed E-state index contributed by atoms with van der Waals surface area (Å²) in [5.74, 6) is 0.710. The number of carbonyl (C=O) groups excluding carboxylic acids is 1. The number of aryl methyl sites for hydroxylation is 1. The highest BCUT2D eigenvalue weighted by atomic mass is 32.1. The summed E-state index contributed by atoms with van der Waals surface area (Å²) < 4.78 is 8.87. The predicted octanol–water partition coefficient (Wildman–Crippen LogP) is 6.83. The highest BCUT2D eigenvalue weighted by molar-refractivity contribution is 7.12. The lowest BCUT2D eigenvalue weighted by atomic mass is 9.86. The fraction of sp³-hybridized carbons (Fsp3) is 0.296. The van der Waals surface area contributed by atoms with Gasteiger partial charge < -0.3 is 20.6 Å². The number of aromatic nitrogens is 2. The van der Waals surface area contributed by atoms with Crippen LogP contribution in [0.4, 0.5) is 17.3 Å². The van der Waals surface area contributed by atoms with Crippen LogP contribution in [0.15, 0.2) is 60.7 Å². The zero-order valence-electron chi connectivity index (χ0n) is 21.1. The number of aromatic hydroxyl groups is 1. The van der Waals surface area contributed by atoms with E-state index in [1.165, 1.54) is 9.75 Å². The molecular weight excluding hydrogens is 490 g/mol. The van der Waals surface area contributed by atoms with Gasteiger partial charge in [0, 0.05) is 23.3 Å². The second-order valence-corrected chi connectivity index (χ2v) is 11.7. The zero-order valence-corrected chi connectivity index (χ0v) is 22.7. The van der Waals surface area contributed by atoms with Crippen molar-refractivity contribution in [1.82, 2.24) is 13.6 Å². The Bertz CT molecular complexity index is 1330. The Morgan fingerprint density at radius 1 is 1.03 bits per heavy atom. The quantitative estimate of drug-likeness (QED) is 0.220.